The number of aromatic nitrogens is 1. The van der Waals surface area contributed by atoms with Crippen LogP contribution < -0.4 is 20.1 Å². The van der Waals surface area contributed by atoms with Gasteiger partial charge in [-0.3, -0.25) is 4.79 Å². The first-order valence-corrected chi connectivity index (χ1v) is 8.97. The Hall–Kier alpha value is -3.54. The van der Waals surface area contributed by atoms with Gasteiger partial charge in [-0.05, 0) is 36.2 Å². The predicted molar refractivity (Wildman–Crippen MR) is 110 cm³/mol. The molecule has 0 atom stereocenters. The van der Waals surface area contributed by atoms with Crippen molar-refractivity contribution in [2.45, 2.75) is 6.42 Å². The molecule has 6 nitrogen and oxygen atoms in total. The van der Waals surface area contributed by atoms with Crippen LogP contribution in [0, 0.1) is 0 Å². The SMILES string of the molecule is COc1ccc(NC(=O)c2ccc(NCCc3ccccc3)nc2)cc1OC. The maximum Gasteiger partial charge on any atom is 0.257 e. The lowest BCUT2D eigenvalue weighted by atomic mass is 10.1. The highest BCUT2D eigenvalue weighted by atomic mass is 16.5. The number of hydrogen-bond donors (Lipinski definition) is 2. The molecule has 6 heteroatoms. The summed E-state index contributed by atoms with van der Waals surface area (Å²) in [7, 11) is 3.12. The molecule has 1 amide bonds. The van der Waals surface area contributed by atoms with Crippen molar-refractivity contribution in [1.82, 2.24) is 4.98 Å². The van der Waals surface area contributed by atoms with Crippen LogP contribution >= 0.6 is 0 Å². The monoisotopic (exact) mass is 377 g/mol. The lowest BCUT2D eigenvalue weighted by Gasteiger charge is -2.11. The van der Waals surface area contributed by atoms with Gasteiger partial charge in [-0.25, -0.2) is 4.98 Å². The molecule has 2 aromatic carbocycles. The van der Waals surface area contributed by atoms with Gasteiger partial charge in [-0.1, -0.05) is 30.3 Å². The van der Waals surface area contributed by atoms with E-state index in [-0.39, 0.29) is 5.91 Å². The number of ether oxygens (including phenoxy) is 2. The van der Waals surface area contributed by atoms with E-state index in [0.29, 0.717) is 22.7 Å². The van der Waals surface area contributed by atoms with E-state index < -0.39 is 0 Å². The summed E-state index contributed by atoms with van der Waals surface area (Å²) >= 11 is 0. The summed E-state index contributed by atoms with van der Waals surface area (Å²) in [6.07, 6.45) is 2.46. The number of carbonyl (C=O) groups excluding carboxylic acids is 1. The van der Waals surface area contributed by atoms with Crippen LogP contribution in [0.2, 0.25) is 0 Å². The summed E-state index contributed by atoms with van der Waals surface area (Å²) in [5.74, 6) is 1.65. The molecule has 1 aromatic heterocycles. The van der Waals surface area contributed by atoms with E-state index in [9.17, 15) is 4.79 Å². The first-order valence-electron chi connectivity index (χ1n) is 8.97. The molecule has 0 saturated heterocycles. The average molecular weight is 377 g/mol. The number of anilines is 2. The first-order chi connectivity index (χ1) is 13.7. The number of carbonyl (C=O) groups is 1. The molecule has 0 bridgehead atoms. The maximum absolute atomic E-state index is 12.4. The number of hydrogen-bond acceptors (Lipinski definition) is 5. The topological polar surface area (TPSA) is 72.5 Å². The number of rotatable bonds is 8. The predicted octanol–water partition coefficient (Wildman–Crippen LogP) is 4.01. The summed E-state index contributed by atoms with van der Waals surface area (Å²) in [5.41, 5.74) is 2.36. The number of nitrogens with zero attached hydrogens (tertiary/aromatic N) is 1. The van der Waals surface area contributed by atoms with Crippen molar-refractivity contribution in [2.24, 2.45) is 0 Å². The molecule has 3 aromatic rings. The Morgan fingerprint density at radius 1 is 0.964 bits per heavy atom. The Morgan fingerprint density at radius 2 is 1.75 bits per heavy atom. The van der Waals surface area contributed by atoms with Crippen LogP contribution in [0.4, 0.5) is 11.5 Å². The van der Waals surface area contributed by atoms with Gasteiger partial charge < -0.3 is 20.1 Å². The fourth-order valence-electron chi connectivity index (χ4n) is 2.73. The van der Waals surface area contributed by atoms with Gasteiger partial charge in [-0.15, -0.1) is 0 Å². The highest BCUT2D eigenvalue weighted by molar-refractivity contribution is 6.04. The smallest absolute Gasteiger partial charge is 0.257 e. The van der Waals surface area contributed by atoms with Crippen molar-refractivity contribution in [2.75, 3.05) is 31.4 Å². The van der Waals surface area contributed by atoms with Gasteiger partial charge in [0.15, 0.2) is 11.5 Å². The summed E-state index contributed by atoms with van der Waals surface area (Å²) in [6, 6.07) is 19.0. The van der Waals surface area contributed by atoms with E-state index in [4.69, 9.17) is 9.47 Å². The van der Waals surface area contributed by atoms with E-state index in [0.717, 1.165) is 18.8 Å². The van der Waals surface area contributed by atoms with Gasteiger partial charge in [0.1, 0.15) is 5.82 Å². The van der Waals surface area contributed by atoms with Crippen LogP contribution in [-0.4, -0.2) is 31.7 Å². The lowest BCUT2D eigenvalue weighted by molar-refractivity contribution is 0.102. The molecular weight excluding hydrogens is 354 g/mol. The van der Waals surface area contributed by atoms with E-state index in [2.05, 4.69) is 27.8 Å². The fraction of sp³-hybridized carbons (Fsp3) is 0.182. The number of amides is 1. The van der Waals surface area contributed by atoms with Crippen molar-refractivity contribution in [3.8, 4) is 11.5 Å². The Labute approximate surface area is 164 Å². The van der Waals surface area contributed by atoms with Gasteiger partial charge in [0, 0.05) is 24.5 Å². The zero-order chi connectivity index (χ0) is 19.8. The molecule has 0 aliphatic carbocycles. The molecule has 0 aliphatic rings. The van der Waals surface area contributed by atoms with E-state index in [1.54, 1.807) is 50.7 Å². The van der Waals surface area contributed by atoms with Gasteiger partial charge >= 0.3 is 0 Å². The number of methoxy groups -OCH3 is 2. The summed E-state index contributed by atoms with van der Waals surface area (Å²) in [5, 5.41) is 6.10. The second kappa shape index (κ2) is 9.41. The second-order valence-corrected chi connectivity index (χ2v) is 6.12. The highest BCUT2D eigenvalue weighted by Crippen LogP contribution is 2.29. The molecule has 0 saturated carbocycles. The minimum atomic E-state index is -0.240. The third-order valence-corrected chi connectivity index (χ3v) is 4.23. The van der Waals surface area contributed by atoms with Gasteiger partial charge in [0.2, 0.25) is 0 Å². The van der Waals surface area contributed by atoms with Crippen LogP contribution in [-0.2, 0) is 6.42 Å². The fourth-order valence-corrected chi connectivity index (χ4v) is 2.73. The Kier molecular flexibility index (Phi) is 6.46. The van der Waals surface area contributed by atoms with Crippen molar-refractivity contribution in [1.29, 1.82) is 0 Å². The molecule has 0 radical (unpaired) electrons. The molecule has 0 aliphatic heterocycles. The van der Waals surface area contributed by atoms with Gasteiger partial charge in [0.25, 0.3) is 5.91 Å². The Morgan fingerprint density at radius 3 is 2.43 bits per heavy atom. The van der Waals surface area contributed by atoms with Crippen LogP contribution in [0.15, 0.2) is 66.9 Å². The average Bonchev–Trinajstić information content (AvgIpc) is 2.75. The van der Waals surface area contributed by atoms with Crippen molar-refractivity contribution >= 4 is 17.4 Å². The van der Waals surface area contributed by atoms with Crippen molar-refractivity contribution < 1.29 is 14.3 Å². The highest BCUT2D eigenvalue weighted by Gasteiger charge is 2.10. The van der Waals surface area contributed by atoms with Gasteiger partial charge in [0.05, 0.1) is 19.8 Å². The number of nitrogens with one attached hydrogen (secondary N) is 2. The Bertz CT molecular complexity index is 912. The van der Waals surface area contributed by atoms with E-state index in [1.807, 2.05) is 18.2 Å². The number of pyridine rings is 1. The third kappa shape index (κ3) is 5.01. The summed E-state index contributed by atoms with van der Waals surface area (Å²) in [6.45, 7) is 0.772. The van der Waals surface area contributed by atoms with Gasteiger partial charge in [-0.2, -0.15) is 0 Å². The van der Waals surface area contributed by atoms with E-state index in [1.165, 1.54) is 5.56 Å². The zero-order valence-corrected chi connectivity index (χ0v) is 15.9. The molecule has 0 fully saturated rings. The van der Waals surface area contributed by atoms with Crippen LogP contribution in [0.25, 0.3) is 0 Å². The second-order valence-electron chi connectivity index (χ2n) is 6.12. The standard InChI is InChI=1S/C22H23N3O3/c1-27-19-10-9-18(14-20(19)28-2)25-22(26)17-8-11-21(24-15-17)23-13-12-16-6-4-3-5-7-16/h3-11,14-15H,12-13H2,1-2H3,(H,23,24)(H,25,26). The summed E-state index contributed by atoms with van der Waals surface area (Å²) in [4.78, 5) is 16.8. The van der Waals surface area contributed by atoms with E-state index >= 15 is 0 Å². The quantitative estimate of drug-likeness (QED) is 0.621. The molecule has 0 unspecified atom stereocenters. The first kappa shape index (κ1) is 19.2. The third-order valence-electron chi connectivity index (χ3n) is 4.23. The molecule has 28 heavy (non-hydrogen) atoms. The molecule has 2 N–H and O–H groups in total. The van der Waals surface area contributed by atoms with Crippen molar-refractivity contribution in [3.05, 3.63) is 78.0 Å². The van der Waals surface area contributed by atoms with Crippen molar-refractivity contribution in [3.63, 3.8) is 0 Å². The minimum Gasteiger partial charge on any atom is -0.493 e. The Balaban J connectivity index is 1.56. The van der Waals surface area contributed by atoms with Crippen LogP contribution in [0.3, 0.4) is 0 Å². The molecule has 144 valence electrons. The molecular formula is C22H23N3O3. The normalized spacial score (nSPS) is 10.2. The zero-order valence-electron chi connectivity index (χ0n) is 15.9. The minimum absolute atomic E-state index is 0.240. The largest absolute Gasteiger partial charge is 0.493 e. The maximum atomic E-state index is 12.4. The molecule has 1 heterocycles. The number of benzene rings is 2. The lowest BCUT2D eigenvalue weighted by Crippen LogP contribution is -2.13. The van der Waals surface area contributed by atoms with Crippen LogP contribution in [0.1, 0.15) is 15.9 Å². The van der Waals surface area contributed by atoms with Crippen LogP contribution in [0.5, 0.6) is 11.5 Å². The summed E-state index contributed by atoms with van der Waals surface area (Å²) < 4.78 is 10.5. The molecule has 0 spiro atoms. The molecule has 3 rings (SSSR count).